The van der Waals surface area contributed by atoms with Crippen molar-refractivity contribution in [2.24, 2.45) is 5.92 Å². The predicted octanol–water partition coefficient (Wildman–Crippen LogP) is 4.31. The molecule has 1 atom stereocenters. The summed E-state index contributed by atoms with van der Waals surface area (Å²) in [6, 6.07) is 12.0. The summed E-state index contributed by atoms with van der Waals surface area (Å²) in [4.78, 5) is 7.22. The van der Waals surface area contributed by atoms with Crippen LogP contribution in [0.5, 0.6) is 0 Å². The van der Waals surface area contributed by atoms with Gasteiger partial charge in [0.25, 0.3) is 0 Å². The molecule has 0 spiro atoms. The van der Waals surface area contributed by atoms with Crippen molar-refractivity contribution in [3.8, 4) is 5.69 Å². The Morgan fingerprint density at radius 3 is 2.36 bits per heavy atom. The number of benzene rings is 1. The summed E-state index contributed by atoms with van der Waals surface area (Å²) in [5, 5.41) is 27.2. The van der Waals surface area contributed by atoms with E-state index in [-0.39, 0.29) is 5.92 Å². The average molecular weight is 451 g/mol. The van der Waals surface area contributed by atoms with Gasteiger partial charge in [0.2, 0.25) is 0 Å². The normalized spacial score (nSPS) is 19.1. The SMILES string of the molecule is COC(O)c1cc(N2CCC(C(C)(C)O)CC2)c2c(C3CCC3)nn(-c3ccccc3)c2n1. The number of fused-ring (bicyclic) bond motifs is 1. The molecular weight excluding hydrogens is 416 g/mol. The summed E-state index contributed by atoms with van der Waals surface area (Å²) in [6.45, 7) is 5.50. The lowest BCUT2D eigenvalue weighted by molar-refractivity contribution is -0.0796. The Kier molecular flexibility index (Phi) is 5.89. The van der Waals surface area contributed by atoms with Crippen molar-refractivity contribution >= 4 is 16.7 Å². The molecule has 1 unspecified atom stereocenters. The van der Waals surface area contributed by atoms with E-state index < -0.39 is 11.9 Å². The number of aliphatic hydroxyl groups excluding tert-OH is 1. The molecule has 2 aliphatic rings. The van der Waals surface area contributed by atoms with Gasteiger partial charge in [0.05, 0.1) is 28.1 Å². The van der Waals surface area contributed by atoms with Gasteiger partial charge >= 0.3 is 0 Å². The fourth-order valence-corrected chi connectivity index (χ4v) is 5.18. The lowest BCUT2D eigenvalue weighted by Crippen LogP contribution is -2.42. The molecule has 5 rings (SSSR count). The zero-order valence-electron chi connectivity index (χ0n) is 19.7. The number of aliphatic hydroxyl groups is 2. The first-order valence-corrected chi connectivity index (χ1v) is 12.0. The Bertz CT molecular complexity index is 1110. The molecule has 2 fully saturated rings. The minimum Gasteiger partial charge on any atom is -0.390 e. The quantitative estimate of drug-likeness (QED) is 0.545. The van der Waals surface area contributed by atoms with Crippen LogP contribution < -0.4 is 4.90 Å². The molecule has 0 amide bonds. The number of rotatable bonds is 6. The van der Waals surface area contributed by atoms with E-state index in [4.69, 9.17) is 14.8 Å². The first kappa shape index (κ1) is 22.3. The van der Waals surface area contributed by atoms with Gasteiger partial charge in [-0.1, -0.05) is 24.6 Å². The van der Waals surface area contributed by atoms with Gasteiger partial charge in [-0.15, -0.1) is 0 Å². The summed E-state index contributed by atoms with van der Waals surface area (Å²) in [6.07, 6.45) is 4.24. The van der Waals surface area contributed by atoms with E-state index in [9.17, 15) is 10.2 Å². The van der Waals surface area contributed by atoms with E-state index in [0.29, 0.717) is 11.6 Å². The molecule has 3 heterocycles. The molecule has 7 nitrogen and oxygen atoms in total. The van der Waals surface area contributed by atoms with Gasteiger partial charge in [-0.2, -0.15) is 5.10 Å². The van der Waals surface area contributed by atoms with E-state index in [2.05, 4.69) is 4.90 Å². The highest BCUT2D eigenvalue weighted by Crippen LogP contribution is 2.44. The zero-order chi connectivity index (χ0) is 23.2. The number of hydrogen-bond acceptors (Lipinski definition) is 6. The summed E-state index contributed by atoms with van der Waals surface area (Å²) < 4.78 is 7.15. The number of methoxy groups -OCH3 is 1. The Morgan fingerprint density at radius 2 is 1.79 bits per heavy atom. The fraction of sp³-hybridized carbons (Fsp3) is 0.538. The Labute approximate surface area is 195 Å². The summed E-state index contributed by atoms with van der Waals surface area (Å²) in [7, 11) is 1.49. The highest BCUT2D eigenvalue weighted by atomic mass is 16.6. The monoisotopic (exact) mass is 450 g/mol. The van der Waals surface area contributed by atoms with E-state index in [1.165, 1.54) is 13.5 Å². The van der Waals surface area contributed by atoms with E-state index in [0.717, 1.165) is 66.9 Å². The molecule has 2 aromatic heterocycles. The second kappa shape index (κ2) is 8.70. The summed E-state index contributed by atoms with van der Waals surface area (Å²) >= 11 is 0. The molecule has 1 saturated heterocycles. The third-order valence-corrected chi connectivity index (χ3v) is 7.47. The van der Waals surface area contributed by atoms with Crippen LogP contribution in [-0.4, -0.2) is 50.8 Å². The van der Waals surface area contributed by atoms with Gasteiger partial charge < -0.3 is 19.8 Å². The Hall–Kier alpha value is -2.48. The van der Waals surface area contributed by atoms with Crippen molar-refractivity contribution in [1.29, 1.82) is 0 Å². The van der Waals surface area contributed by atoms with Crippen molar-refractivity contribution < 1.29 is 14.9 Å². The van der Waals surface area contributed by atoms with E-state index in [1.54, 1.807) is 0 Å². The van der Waals surface area contributed by atoms with Crippen molar-refractivity contribution in [2.75, 3.05) is 25.1 Å². The fourth-order valence-electron chi connectivity index (χ4n) is 5.18. The van der Waals surface area contributed by atoms with Crippen LogP contribution >= 0.6 is 0 Å². The molecule has 0 bridgehead atoms. The van der Waals surface area contributed by atoms with Gasteiger partial charge in [-0.3, -0.25) is 0 Å². The van der Waals surface area contributed by atoms with Crippen LogP contribution in [0.4, 0.5) is 5.69 Å². The first-order chi connectivity index (χ1) is 15.9. The molecular formula is C26H34N4O3. The first-order valence-electron chi connectivity index (χ1n) is 12.0. The number of anilines is 1. The highest BCUT2D eigenvalue weighted by molar-refractivity contribution is 5.94. The third kappa shape index (κ3) is 4.14. The number of piperidine rings is 1. The van der Waals surface area contributed by atoms with Crippen LogP contribution in [0.2, 0.25) is 0 Å². The van der Waals surface area contributed by atoms with Crippen LogP contribution in [0.25, 0.3) is 16.7 Å². The smallest absolute Gasteiger partial charge is 0.198 e. The van der Waals surface area contributed by atoms with Crippen LogP contribution in [0.3, 0.4) is 0 Å². The number of hydrogen-bond donors (Lipinski definition) is 2. The second-order valence-corrected chi connectivity index (χ2v) is 10.0. The minimum absolute atomic E-state index is 0.272. The largest absolute Gasteiger partial charge is 0.390 e. The van der Waals surface area contributed by atoms with Crippen molar-refractivity contribution in [1.82, 2.24) is 14.8 Å². The van der Waals surface area contributed by atoms with Crippen LogP contribution in [-0.2, 0) is 4.74 Å². The standard InChI is InChI=1S/C26H34N4O3/c1-26(2,32)18-12-14-29(15-13-18)21-16-20(25(31)33-3)27-24-22(21)23(17-8-7-9-17)28-30(24)19-10-5-4-6-11-19/h4-6,10-11,16-18,25,31-32H,7-9,12-15H2,1-3H3. The molecule has 1 saturated carbocycles. The van der Waals surface area contributed by atoms with Crippen LogP contribution in [0, 0.1) is 5.92 Å². The molecule has 33 heavy (non-hydrogen) atoms. The third-order valence-electron chi connectivity index (χ3n) is 7.47. The maximum absolute atomic E-state index is 10.5. The van der Waals surface area contributed by atoms with Crippen molar-refractivity contribution in [3.05, 3.63) is 47.8 Å². The van der Waals surface area contributed by atoms with Gasteiger partial charge in [-0.25, -0.2) is 9.67 Å². The maximum Gasteiger partial charge on any atom is 0.198 e. The molecule has 0 radical (unpaired) electrons. The zero-order valence-corrected chi connectivity index (χ0v) is 19.7. The van der Waals surface area contributed by atoms with Crippen molar-refractivity contribution in [3.63, 3.8) is 0 Å². The van der Waals surface area contributed by atoms with Crippen LogP contribution in [0.1, 0.15) is 69.5 Å². The Morgan fingerprint density at radius 1 is 1.09 bits per heavy atom. The van der Waals surface area contributed by atoms with Gasteiger partial charge in [0.15, 0.2) is 11.9 Å². The molecule has 3 aromatic rings. The van der Waals surface area contributed by atoms with E-state index in [1.807, 2.05) is 54.9 Å². The second-order valence-electron chi connectivity index (χ2n) is 10.0. The number of aromatic nitrogens is 3. The number of para-hydroxylation sites is 1. The topological polar surface area (TPSA) is 83.6 Å². The summed E-state index contributed by atoms with van der Waals surface area (Å²) in [5.41, 5.74) is 3.69. The van der Waals surface area contributed by atoms with Gasteiger partial charge in [0, 0.05) is 26.1 Å². The van der Waals surface area contributed by atoms with Gasteiger partial charge in [0.1, 0.15) is 5.69 Å². The van der Waals surface area contributed by atoms with Gasteiger partial charge in [-0.05, 0) is 63.6 Å². The lowest BCUT2D eigenvalue weighted by Gasteiger charge is -2.39. The number of pyridine rings is 1. The molecule has 1 aromatic carbocycles. The number of ether oxygens (including phenoxy) is 1. The summed E-state index contributed by atoms with van der Waals surface area (Å²) in [5.74, 6) is 0.707. The lowest BCUT2D eigenvalue weighted by atomic mass is 9.81. The maximum atomic E-state index is 10.5. The van der Waals surface area contributed by atoms with Crippen molar-refractivity contribution in [2.45, 2.75) is 63.8 Å². The number of nitrogens with zero attached hydrogens (tertiary/aromatic N) is 4. The van der Waals surface area contributed by atoms with E-state index >= 15 is 0 Å². The Balaban J connectivity index is 1.66. The molecule has 7 heteroatoms. The van der Waals surface area contributed by atoms with Crippen LogP contribution in [0.15, 0.2) is 36.4 Å². The molecule has 176 valence electrons. The minimum atomic E-state index is -1.10. The predicted molar refractivity (Wildman–Crippen MR) is 129 cm³/mol. The highest BCUT2D eigenvalue weighted by Gasteiger charge is 2.34. The average Bonchev–Trinajstić information content (AvgIpc) is 3.16. The molecule has 1 aliphatic carbocycles. The molecule has 2 N–H and O–H groups in total. The molecule has 1 aliphatic heterocycles.